The van der Waals surface area contributed by atoms with Crippen LogP contribution in [0.15, 0.2) is 36.9 Å². The van der Waals surface area contributed by atoms with Gasteiger partial charge < -0.3 is 16.0 Å². The van der Waals surface area contributed by atoms with Gasteiger partial charge >= 0.3 is 0 Å². The van der Waals surface area contributed by atoms with Crippen LogP contribution in [-0.2, 0) is 6.42 Å². The van der Waals surface area contributed by atoms with Crippen molar-refractivity contribution in [3.05, 3.63) is 42.7 Å². The number of nitrogens with zero attached hydrogens (tertiary/aromatic N) is 3. The molecule has 0 spiro atoms. The molecule has 2 aromatic heterocycles. The molecule has 6 nitrogen and oxygen atoms in total. The molecule has 0 bridgehead atoms. The van der Waals surface area contributed by atoms with Crippen LogP contribution in [0.2, 0.25) is 0 Å². The van der Waals surface area contributed by atoms with Gasteiger partial charge in [0.15, 0.2) is 0 Å². The summed E-state index contributed by atoms with van der Waals surface area (Å²) in [4.78, 5) is 15.7. The predicted octanol–water partition coefficient (Wildman–Crippen LogP) is 1.59. The van der Waals surface area contributed by atoms with Crippen molar-refractivity contribution in [2.24, 2.45) is 0 Å². The lowest BCUT2D eigenvalue weighted by molar-refractivity contribution is 0.922. The maximum Gasteiger partial charge on any atom is 0.137 e. The number of anilines is 2. The molecule has 3 aromatic rings. The van der Waals surface area contributed by atoms with E-state index in [1.165, 1.54) is 6.33 Å². The number of H-pyrrole nitrogens is 1. The zero-order valence-electron chi connectivity index (χ0n) is 10.3. The summed E-state index contributed by atoms with van der Waals surface area (Å²) in [6.07, 6.45) is 5.92. The molecule has 4 N–H and O–H groups in total. The number of nitrogens with two attached hydrogens (primary N) is 1. The van der Waals surface area contributed by atoms with E-state index in [0.29, 0.717) is 5.69 Å². The Morgan fingerprint density at radius 3 is 3.00 bits per heavy atom. The van der Waals surface area contributed by atoms with Crippen LogP contribution in [0.5, 0.6) is 0 Å². The van der Waals surface area contributed by atoms with E-state index in [1.54, 1.807) is 6.20 Å². The number of hydrogen-bond acceptors (Lipinski definition) is 5. The van der Waals surface area contributed by atoms with E-state index in [2.05, 4.69) is 25.3 Å². The van der Waals surface area contributed by atoms with Crippen LogP contribution in [0.25, 0.3) is 10.9 Å². The van der Waals surface area contributed by atoms with Crippen LogP contribution < -0.4 is 11.1 Å². The Bertz CT molecular complexity index is 677. The van der Waals surface area contributed by atoms with Crippen LogP contribution in [0, 0.1) is 0 Å². The highest BCUT2D eigenvalue weighted by Crippen LogP contribution is 2.20. The molecule has 0 saturated carbocycles. The van der Waals surface area contributed by atoms with E-state index in [4.69, 9.17) is 5.73 Å². The van der Waals surface area contributed by atoms with E-state index < -0.39 is 0 Å². The number of rotatable bonds is 4. The molecule has 2 heterocycles. The van der Waals surface area contributed by atoms with Gasteiger partial charge in [0.1, 0.15) is 18.0 Å². The van der Waals surface area contributed by atoms with E-state index in [0.717, 1.165) is 35.5 Å². The van der Waals surface area contributed by atoms with Crippen molar-refractivity contribution >= 4 is 22.4 Å². The maximum absolute atomic E-state index is 5.75. The third-order valence-electron chi connectivity index (χ3n) is 2.87. The summed E-state index contributed by atoms with van der Waals surface area (Å²) in [6.45, 7) is 0.754. The highest BCUT2D eigenvalue weighted by molar-refractivity contribution is 5.90. The van der Waals surface area contributed by atoms with Gasteiger partial charge in [0.2, 0.25) is 0 Å². The van der Waals surface area contributed by atoms with Crippen molar-refractivity contribution in [3.8, 4) is 0 Å². The fourth-order valence-electron chi connectivity index (χ4n) is 1.95. The second-order valence-electron chi connectivity index (χ2n) is 4.21. The SMILES string of the molecule is Nc1ccc2c(NCCc3ncc[nH]3)ncnc2c1. The van der Waals surface area contributed by atoms with Crippen molar-refractivity contribution in [1.29, 1.82) is 0 Å². The van der Waals surface area contributed by atoms with E-state index >= 15 is 0 Å². The largest absolute Gasteiger partial charge is 0.399 e. The standard InChI is InChI=1S/C13H14N6/c14-9-1-2-10-11(7-9)18-8-19-13(10)17-4-3-12-15-5-6-16-12/h1-2,5-8H,3-4,14H2,(H,15,16)(H,17,18,19). The summed E-state index contributed by atoms with van der Waals surface area (Å²) in [6, 6.07) is 5.62. The fraction of sp³-hybridized carbons (Fsp3) is 0.154. The van der Waals surface area contributed by atoms with Crippen LogP contribution in [0.4, 0.5) is 11.5 Å². The molecule has 0 radical (unpaired) electrons. The highest BCUT2D eigenvalue weighted by Gasteiger charge is 2.03. The minimum absolute atomic E-state index is 0.702. The Kier molecular flexibility index (Phi) is 2.97. The van der Waals surface area contributed by atoms with Gasteiger partial charge in [-0.1, -0.05) is 0 Å². The van der Waals surface area contributed by atoms with Crippen LogP contribution in [0.1, 0.15) is 5.82 Å². The molecule has 0 saturated heterocycles. The van der Waals surface area contributed by atoms with Crippen LogP contribution in [0.3, 0.4) is 0 Å². The zero-order chi connectivity index (χ0) is 13.1. The van der Waals surface area contributed by atoms with Crippen molar-refractivity contribution in [2.45, 2.75) is 6.42 Å². The van der Waals surface area contributed by atoms with Gasteiger partial charge in [0.25, 0.3) is 0 Å². The van der Waals surface area contributed by atoms with Crippen molar-refractivity contribution in [2.75, 3.05) is 17.6 Å². The molecule has 3 rings (SSSR count). The minimum Gasteiger partial charge on any atom is -0.399 e. The zero-order valence-corrected chi connectivity index (χ0v) is 10.3. The van der Waals surface area contributed by atoms with Crippen molar-refractivity contribution in [1.82, 2.24) is 19.9 Å². The average molecular weight is 254 g/mol. The molecule has 0 fully saturated rings. The first-order valence-electron chi connectivity index (χ1n) is 6.05. The molecule has 0 aliphatic rings. The van der Waals surface area contributed by atoms with E-state index in [9.17, 15) is 0 Å². The second kappa shape index (κ2) is 4.93. The third kappa shape index (κ3) is 2.47. The van der Waals surface area contributed by atoms with Gasteiger partial charge in [-0.2, -0.15) is 0 Å². The molecule has 1 aromatic carbocycles. The summed E-state index contributed by atoms with van der Waals surface area (Å²) >= 11 is 0. The number of nitrogens with one attached hydrogen (secondary N) is 2. The van der Waals surface area contributed by atoms with Gasteiger partial charge in [-0.05, 0) is 18.2 Å². The molecule has 0 amide bonds. The monoisotopic (exact) mass is 254 g/mol. The molecule has 0 unspecified atom stereocenters. The number of imidazole rings is 1. The Labute approximate surface area is 110 Å². The van der Waals surface area contributed by atoms with E-state index in [1.807, 2.05) is 24.4 Å². The summed E-state index contributed by atoms with van der Waals surface area (Å²) in [7, 11) is 0. The summed E-state index contributed by atoms with van der Waals surface area (Å²) < 4.78 is 0. The fourth-order valence-corrected chi connectivity index (χ4v) is 1.95. The molecule has 96 valence electrons. The Hall–Kier alpha value is -2.63. The number of nitrogen functional groups attached to an aromatic ring is 1. The van der Waals surface area contributed by atoms with Gasteiger partial charge in [-0.25, -0.2) is 15.0 Å². The Morgan fingerprint density at radius 1 is 1.21 bits per heavy atom. The van der Waals surface area contributed by atoms with Crippen molar-refractivity contribution < 1.29 is 0 Å². The number of benzene rings is 1. The first kappa shape index (κ1) is 11.5. The smallest absolute Gasteiger partial charge is 0.137 e. The van der Waals surface area contributed by atoms with E-state index in [-0.39, 0.29) is 0 Å². The minimum atomic E-state index is 0.702. The van der Waals surface area contributed by atoms with Gasteiger partial charge in [-0.3, -0.25) is 0 Å². The lowest BCUT2D eigenvalue weighted by Crippen LogP contribution is -2.08. The molecule has 0 aliphatic carbocycles. The topological polar surface area (TPSA) is 92.5 Å². The maximum atomic E-state index is 5.75. The summed E-state index contributed by atoms with van der Waals surface area (Å²) in [5.41, 5.74) is 7.29. The van der Waals surface area contributed by atoms with Crippen LogP contribution >= 0.6 is 0 Å². The number of hydrogen-bond donors (Lipinski definition) is 3. The molecule has 0 atom stereocenters. The predicted molar refractivity (Wildman–Crippen MR) is 74.7 cm³/mol. The second-order valence-corrected chi connectivity index (χ2v) is 4.21. The summed E-state index contributed by atoms with van der Waals surface area (Å²) in [5, 5.41) is 4.26. The Balaban J connectivity index is 1.77. The first-order chi connectivity index (χ1) is 9.33. The molecule has 19 heavy (non-hydrogen) atoms. The number of fused-ring (bicyclic) bond motifs is 1. The lowest BCUT2D eigenvalue weighted by Gasteiger charge is -2.07. The third-order valence-corrected chi connectivity index (χ3v) is 2.87. The Morgan fingerprint density at radius 2 is 2.16 bits per heavy atom. The summed E-state index contributed by atoms with van der Waals surface area (Å²) in [5.74, 6) is 1.77. The highest BCUT2D eigenvalue weighted by atomic mass is 15.0. The number of aromatic nitrogens is 4. The quantitative estimate of drug-likeness (QED) is 0.615. The molecule has 6 heteroatoms. The molecular weight excluding hydrogens is 240 g/mol. The molecule has 0 aliphatic heterocycles. The average Bonchev–Trinajstić information content (AvgIpc) is 2.92. The van der Waals surface area contributed by atoms with Crippen molar-refractivity contribution in [3.63, 3.8) is 0 Å². The molecular formula is C13H14N6. The first-order valence-corrected chi connectivity index (χ1v) is 6.05. The number of aromatic amines is 1. The normalized spacial score (nSPS) is 10.7. The lowest BCUT2D eigenvalue weighted by atomic mass is 10.2. The van der Waals surface area contributed by atoms with Gasteiger partial charge in [0, 0.05) is 36.4 Å². The van der Waals surface area contributed by atoms with Gasteiger partial charge in [0.05, 0.1) is 5.52 Å². The van der Waals surface area contributed by atoms with Crippen LogP contribution in [-0.4, -0.2) is 26.5 Å². The van der Waals surface area contributed by atoms with Gasteiger partial charge in [-0.15, -0.1) is 0 Å².